The molecule has 1 amide bonds. The molecule has 27 heavy (non-hydrogen) atoms. The number of benzene rings is 1. The second-order valence-corrected chi connectivity index (χ2v) is 8.72. The van der Waals surface area contributed by atoms with Crippen LogP contribution in [-0.4, -0.2) is 60.3 Å². The van der Waals surface area contributed by atoms with Gasteiger partial charge in [0.1, 0.15) is 0 Å². The number of aryl methyl sites for hydroxylation is 1. The molecule has 2 rings (SSSR count). The Morgan fingerprint density at radius 2 is 2.07 bits per heavy atom. The SMILES string of the molecule is CCN(C(=O)[C@H](C)OC(=O)c1ccc(C)c([N+](=O)[O-])c1)[C@H]1CCS(=O)(=O)C1. The van der Waals surface area contributed by atoms with Crippen molar-refractivity contribution in [2.75, 3.05) is 18.1 Å². The maximum Gasteiger partial charge on any atom is 0.339 e. The van der Waals surface area contributed by atoms with Crippen LogP contribution in [0.4, 0.5) is 5.69 Å². The number of ether oxygens (including phenoxy) is 1. The first kappa shape index (κ1) is 20.8. The van der Waals surface area contributed by atoms with Crippen molar-refractivity contribution < 1.29 is 27.7 Å². The Kier molecular flexibility index (Phi) is 6.19. The predicted molar refractivity (Wildman–Crippen MR) is 97.2 cm³/mol. The van der Waals surface area contributed by atoms with Crippen LogP contribution in [0.5, 0.6) is 0 Å². The number of amides is 1. The zero-order chi connectivity index (χ0) is 20.4. The molecule has 0 N–H and O–H groups in total. The summed E-state index contributed by atoms with van der Waals surface area (Å²) in [7, 11) is -3.16. The molecular weight excluding hydrogens is 376 g/mol. The lowest BCUT2D eigenvalue weighted by atomic mass is 10.1. The number of rotatable bonds is 6. The molecule has 9 nitrogen and oxygen atoms in total. The monoisotopic (exact) mass is 398 g/mol. The van der Waals surface area contributed by atoms with E-state index in [1.807, 2.05) is 0 Å². The quantitative estimate of drug-likeness (QED) is 0.404. The number of esters is 1. The topological polar surface area (TPSA) is 124 Å². The number of hydrogen-bond donors (Lipinski definition) is 0. The van der Waals surface area contributed by atoms with Crippen LogP contribution >= 0.6 is 0 Å². The summed E-state index contributed by atoms with van der Waals surface area (Å²) in [4.78, 5) is 36.7. The van der Waals surface area contributed by atoms with Gasteiger partial charge in [0.15, 0.2) is 15.9 Å². The lowest BCUT2D eigenvalue weighted by Crippen LogP contribution is -2.46. The van der Waals surface area contributed by atoms with Gasteiger partial charge in [-0.1, -0.05) is 6.07 Å². The fourth-order valence-electron chi connectivity index (χ4n) is 3.06. The number of hydrogen-bond acceptors (Lipinski definition) is 7. The molecule has 2 atom stereocenters. The van der Waals surface area contributed by atoms with E-state index in [1.54, 1.807) is 13.8 Å². The Labute approximate surface area is 157 Å². The van der Waals surface area contributed by atoms with Gasteiger partial charge in [0.2, 0.25) is 0 Å². The van der Waals surface area contributed by atoms with Crippen molar-refractivity contribution in [1.82, 2.24) is 4.90 Å². The molecule has 1 aliphatic heterocycles. The van der Waals surface area contributed by atoms with Gasteiger partial charge in [-0.3, -0.25) is 14.9 Å². The van der Waals surface area contributed by atoms with E-state index in [2.05, 4.69) is 0 Å². The molecule has 0 unspecified atom stereocenters. The Hall–Kier alpha value is -2.49. The van der Waals surface area contributed by atoms with Crippen LogP contribution < -0.4 is 0 Å². The molecule has 0 radical (unpaired) electrons. The van der Waals surface area contributed by atoms with Gasteiger partial charge in [-0.05, 0) is 33.3 Å². The molecule has 1 saturated heterocycles. The highest BCUT2D eigenvalue weighted by Crippen LogP contribution is 2.21. The Morgan fingerprint density at radius 3 is 2.59 bits per heavy atom. The van der Waals surface area contributed by atoms with E-state index in [1.165, 1.54) is 24.0 Å². The van der Waals surface area contributed by atoms with Crippen molar-refractivity contribution in [2.45, 2.75) is 39.3 Å². The molecule has 0 saturated carbocycles. The highest BCUT2D eigenvalue weighted by Gasteiger charge is 2.36. The van der Waals surface area contributed by atoms with Crippen LogP contribution in [0.15, 0.2) is 18.2 Å². The number of sulfone groups is 1. The van der Waals surface area contributed by atoms with Crippen molar-refractivity contribution in [3.63, 3.8) is 0 Å². The fraction of sp³-hybridized carbons (Fsp3) is 0.529. The minimum absolute atomic E-state index is 0.0292. The van der Waals surface area contributed by atoms with Crippen LogP contribution in [0, 0.1) is 17.0 Å². The second-order valence-electron chi connectivity index (χ2n) is 6.49. The van der Waals surface area contributed by atoms with Crippen molar-refractivity contribution in [1.29, 1.82) is 0 Å². The summed E-state index contributed by atoms with van der Waals surface area (Å²) < 4.78 is 28.5. The normalized spacial score (nSPS) is 19.3. The van der Waals surface area contributed by atoms with Gasteiger partial charge in [-0.25, -0.2) is 13.2 Å². The van der Waals surface area contributed by atoms with Crippen LogP contribution in [0.2, 0.25) is 0 Å². The zero-order valence-corrected chi connectivity index (χ0v) is 16.2. The molecule has 10 heteroatoms. The minimum Gasteiger partial charge on any atom is -0.449 e. The zero-order valence-electron chi connectivity index (χ0n) is 15.4. The average molecular weight is 398 g/mol. The van der Waals surface area contributed by atoms with Gasteiger partial charge < -0.3 is 9.64 Å². The Balaban J connectivity index is 2.10. The molecule has 0 spiro atoms. The van der Waals surface area contributed by atoms with E-state index >= 15 is 0 Å². The molecule has 1 aliphatic rings. The van der Waals surface area contributed by atoms with Gasteiger partial charge in [-0.15, -0.1) is 0 Å². The highest BCUT2D eigenvalue weighted by atomic mass is 32.2. The van der Waals surface area contributed by atoms with Crippen LogP contribution in [0.3, 0.4) is 0 Å². The molecule has 148 valence electrons. The van der Waals surface area contributed by atoms with E-state index in [9.17, 15) is 28.1 Å². The standard InChI is InChI=1S/C17H22N2O7S/c1-4-18(14-7-8-27(24,25)10-14)16(20)12(3)26-17(21)13-6-5-11(2)15(9-13)19(22)23/h5-6,9,12,14H,4,7-8,10H2,1-3H3/t12-,14-/m0/s1. The average Bonchev–Trinajstić information content (AvgIpc) is 2.95. The summed E-state index contributed by atoms with van der Waals surface area (Å²) in [5.41, 5.74) is 0.161. The van der Waals surface area contributed by atoms with E-state index in [0.29, 0.717) is 12.0 Å². The first-order chi connectivity index (χ1) is 12.6. The lowest BCUT2D eigenvalue weighted by Gasteiger charge is -2.29. The number of carbonyl (C=O) groups is 2. The molecule has 1 aromatic rings. The summed E-state index contributed by atoms with van der Waals surface area (Å²) in [5.74, 6) is -1.41. The number of carbonyl (C=O) groups excluding carboxylic acids is 2. The number of nitro groups is 1. The summed E-state index contributed by atoms with van der Waals surface area (Å²) in [6, 6.07) is 3.50. The van der Waals surface area contributed by atoms with Crippen LogP contribution in [-0.2, 0) is 19.4 Å². The third-order valence-electron chi connectivity index (χ3n) is 4.55. The lowest BCUT2D eigenvalue weighted by molar-refractivity contribution is -0.385. The third kappa shape index (κ3) is 4.82. The Morgan fingerprint density at radius 1 is 1.41 bits per heavy atom. The first-order valence-corrected chi connectivity index (χ1v) is 10.3. The van der Waals surface area contributed by atoms with Gasteiger partial charge >= 0.3 is 5.97 Å². The predicted octanol–water partition coefficient (Wildman–Crippen LogP) is 1.48. The largest absolute Gasteiger partial charge is 0.449 e. The van der Waals surface area contributed by atoms with Crippen molar-refractivity contribution >= 4 is 27.4 Å². The molecule has 1 fully saturated rings. The molecule has 1 heterocycles. The van der Waals surface area contributed by atoms with Gasteiger partial charge in [0.25, 0.3) is 11.6 Å². The smallest absolute Gasteiger partial charge is 0.339 e. The maximum absolute atomic E-state index is 12.6. The van der Waals surface area contributed by atoms with Crippen molar-refractivity contribution in [3.05, 3.63) is 39.4 Å². The van der Waals surface area contributed by atoms with E-state index in [0.717, 1.165) is 6.07 Å². The van der Waals surface area contributed by atoms with Gasteiger partial charge in [-0.2, -0.15) is 0 Å². The molecule has 0 bridgehead atoms. The summed E-state index contributed by atoms with van der Waals surface area (Å²) in [6.07, 6.45) is -0.784. The van der Waals surface area contributed by atoms with Crippen molar-refractivity contribution in [3.8, 4) is 0 Å². The van der Waals surface area contributed by atoms with Gasteiger partial charge in [0.05, 0.1) is 22.0 Å². The van der Waals surface area contributed by atoms with E-state index < -0.39 is 38.8 Å². The number of nitro benzene ring substituents is 1. The minimum atomic E-state index is -3.16. The van der Waals surface area contributed by atoms with Gasteiger partial charge in [0, 0.05) is 24.2 Å². The third-order valence-corrected chi connectivity index (χ3v) is 6.30. The highest BCUT2D eigenvalue weighted by molar-refractivity contribution is 7.91. The summed E-state index contributed by atoms with van der Waals surface area (Å²) >= 11 is 0. The Bertz CT molecular complexity index is 866. The molecule has 1 aromatic carbocycles. The second kappa shape index (κ2) is 8.03. The molecular formula is C17H22N2O7S. The van der Waals surface area contributed by atoms with Crippen molar-refractivity contribution in [2.24, 2.45) is 0 Å². The molecule has 0 aliphatic carbocycles. The summed E-state index contributed by atoms with van der Waals surface area (Å²) in [5, 5.41) is 11.0. The van der Waals surface area contributed by atoms with Crippen LogP contribution in [0.1, 0.15) is 36.2 Å². The fourth-order valence-corrected chi connectivity index (χ4v) is 4.79. The number of likely N-dealkylation sites (N-methyl/N-ethyl adjacent to an activating group) is 1. The number of nitrogens with zero attached hydrogens (tertiary/aromatic N) is 2. The van der Waals surface area contributed by atoms with E-state index in [4.69, 9.17) is 4.74 Å². The van der Waals surface area contributed by atoms with Crippen LogP contribution in [0.25, 0.3) is 0 Å². The molecule has 0 aromatic heterocycles. The summed E-state index contributed by atoms with van der Waals surface area (Å²) in [6.45, 7) is 4.96. The van der Waals surface area contributed by atoms with E-state index in [-0.39, 0.29) is 29.3 Å². The first-order valence-electron chi connectivity index (χ1n) is 8.52. The maximum atomic E-state index is 12.6.